The van der Waals surface area contributed by atoms with Gasteiger partial charge in [-0.15, -0.1) is 0 Å². The fourth-order valence-electron chi connectivity index (χ4n) is 3.42. The molecule has 2 aromatic carbocycles. The predicted octanol–water partition coefficient (Wildman–Crippen LogP) is 4.34. The first-order valence-corrected chi connectivity index (χ1v) is 11.7. The summed E-state index contributed by atoms with van der Waals surface area (Å²) in [5.74, 6) is -0.301. The Labute approximate surface area is 175 Å². The molecule has 2 atom stereocenters. The largest absolute Gasteiger partial charge is 0.348 e. The monoisotopic (exact) mass is 416 g/mol. The van der Waals surface area contributed by atoms with Crippen molar-refractivity contribution in [1.29, 1.82) is 0 Å². The number of nitrogens with one attached hydrogen (secondary N) is 1. The summed E-state index contributed by atoms with van der Waals surface area (Å²) in [6.07, 6.45) is 1.52. The summed E-state index contributed by atoms with van der Waals surface area (Å²) in [4.78, 5) is 13.2. The molecule has 2 rings (SSSR count). The Morgan fingerprint density at radius 2 is 1.62 bits per heavy atom. The summed E-state index contributed by atoms with van der Waals surface area (Å²) in [6, 6.07) is 10.7. The molecule has 6 heteroatoms. The van der Waals surface area contributed by atoms with Crippen molar-refractivity contribution in [3.05, 3.63) is 64.2 Å². The Balaban J connectivity index is 2.38. The molecule has 5 nitrogen and oxygen atoms in total. The molecule has 1 amide bonds. The minimum Gasteiger partial charge on any atom is -0.348 e. The Hall–Kier alpha value is -2.34. The Kier molecular flexibility index (Phi) is 7.11. The van der Waals surface area contributed by atoms with Crippen molar-refractivity contribution in [3.8, 4) is 0 Å². The average Bonchev–Trinajstić information content (AvgIpc) is 2.62. The van der Waals surface area contributed by atoms with Gasteiger partial charge in [0, 0.05) is 0 Å². The third-order valence-corrected chi connectivity index (χ3v) is 6.49. The molecule has 0 saturated heterocycles. The summed E-state index contributed by atoms with van der Waals surface area (Å²) in [6.45, 7) is 11.6. The zero-order valence-corrected chi connectivity index (χ0v) is 19.2. The van der Waals surface area contributed by atoms with Gasteiger partial charge in [0.15, 0.2) is 0 Å². The van der Waals surface area contributed by atoms with Gasteiger partial charge in [-0.1, -0.05) is 37.3 Å². The van der Waals surface area contributed by atoms with Crippen molar-refractivity contribution in [1.82, 2.24) is 5.32 Å². The zero-order chi connectivity index (χ0) is 21.9. The first-order chi connectivity index (χ1) is 13.5. The lowest BCUT2D eigenvalue weighted by Crippen LogP contribution is -2.50. The molecule has 0 unspecified atom stereocenters. The van der Waals surface area contributed by atoms with Gasteiger partial charge in [0.25, 0.3) is 0 Å². The number of sulfonamides is 1. The Bertz CT molecular complexity index is 999. The van der Waals surface area contributed by atoms with Crippen molar-refractivity contribution in [2.24, 2.45) is 0 Å². The van der Waals surface area contributed by atoms with Crippen LogP contribution in [0.25, 0.3) is 0 Å². The van der Waals surface area contributed by atoms with Gasteiger partial charge in [-0.3, -0.25) is 9.10 Å². The predicted molar refractivity (Wildman–Crippen MR) is 120 cm³/mol. The minimum atomic E-state index is -3.65. The zero-order valence-electron chi connectivity index (χ0n) is 18.4. The molecule has 0 fully saturated rings. The summed E-state index contributed by atoms with van der Waals surface area (Å²) in [5.41, 5.74) is 5.65. The summed E-state index contributed by atoms with van der Waals surface area (Å²) < 4.78 is 26.6. The van der Waals surface area contributed by atoms with E-state index in [2.05, 4.69) is 11.4 Å². The molecule has 0 bridgehead atoms. The van der Waals surface area contributed by atoms with Gasteiger partial charge in [0.2, 0.25) is 15.9 Å². The van der Waals surface area contributed by atoms with Crippen molar-refractivity contribution in [3.63, 3.8) is 0 Å². The molecular formula is C23H32N2O3S. The van der Waals surface area contributed by atoms with Gasteiger partial charge in [-0.2, -0.15) is 0 Å². The highest BCUT2D eigenvalue weighted by Gasteiger charge is 2.33. The molecule has 0 heterocycles. The van der Waals surface area contributed by atoms with Crippen LogP contribution in [0.2, 0.25) is 0 Å². The molecular weight excluding hydrogens is 384 g/mol. The fraction of sp³-hybridized carbons (Fsp3) is 0.435. The average molecular weight is 417 g/mol. The SMILES string of the molecule is CC[C@@H](C(=O)N[C@@H](C)c1ccc(C)c(C)c1)N(c1cc(C)ccc1C)S(C)(=O)=O. The van der Waals surface area contributed by atoms with E-state index in [4.69, 9.17) is 0 Å². The van der Waals surface area contributed by atoms with E-state index in [9.17, 15) is 13.2 Å². The van der Waals surface area contributed by atoms with E-state index in [0.717, 1.165) is 28.5 Å². The van der Waals surface area contributed by atoms with Gasteiger partial charge in [-0.25, -0.2) is 8.42 Å². The summed E-state index contributed by atoms with van der Waals surface area (Å²) in [7, 11) is -3.65. The third-order valence-electron chi connectivity index (χ3n) is 5.32. The van der Waals surface area contributed by atoms with E-state index in [1.165, 1.54) is 9.87 Å². The molecule has 0 aliphatic carbocycles. The van der Waals surface area contributed by atoms with Crippen LogP contribution in [-0.2, 0) is 14.8 Å². The van der Waals surface area contributed by atoms with Crippen molar-refractivity contribution in [2.45, 2.75) is 60.0 Å². The molecule has 0 aliphatic heterocycles. The number of aryl methyl sites for hydroxylation is 4. The second-order valence-corrected chi connectivity index (χ2v) is 9.71. The topological polar surface area (TPSA) is 66.5 Å². The van der Waals surface area contributed by atoms with Crippen LogP contribution >= 0.6 is 0 Å². The van der Waals surface area contributed by atoms with Crippen molar-refractivity contribution in [2.75, 3.05) is 10.6 Å². The molecule has 0 spiro atoms. The number of hydrogen-bond acceptors (Lipinski definition) is 3. The second kappa shape index (κ2) is 8.99. The van der Waals surface area contributed by atoms with E-state index in [-0.39, 0.29) is 11.9 Å². The van der Waals surface area contributed by atoms with E-state index < -0.39 is 16.1 Å². The lowest BCUT2D eigenvalue weighted by atomic mass is 10.0. The molecule has 0 aliphatic rings. The van der Waals surface area contributed by atoms with Gasteiger partial charge in [0.05, 0.1) is 18.0 Å². The molecule has 0 radical (unpaired) electrons. The quantitative estimate of drug-likeness (QED) is 0.730. The number of nitrogens with zero attached hydrogens (tertiary/aromatic N) is 1. The standard InChI is InChI=1S/C23H32N2O3S/c1-8-21(23(26)24-19(6)20-12-11-16(3)18(5)14-20)25(29(7,27)28)22-13-15(2)9-10-17(22)4/h9-14,19,21H,8H2,1-7H3,(H,24,26)/t19-,21-/m0/s1. The molecule has 2 aromatic rings. The number of carbonyl (C=O) groups excluding carboxylic acids is 1. The number of anilines is 1. The number of rotatable bonds is 7. The molecule has 29 heavy (non-hydrogen) atoms. The first-order valence-electron chi connectivity index (χ1n) is 9.89. The van der Waals surface area contributed by atoms with Crippen molar-refractivity contribution >= 4 is 21.6 Å². The smallest absolute Gasteiger partial charge is 0.244 e. The van der Waals surface area contributed by atoms with Gasteiger partial charge in [0.1, 0.15) is 6.04 Å². The highest BCUT2D eigenvalue weighted by molar-refractivity contribution is 7.92. The second-order valence-electron chi connectivity index (χ2n) is 7.85. The first kappa shape index (κ1) is 22.9. The maximum absolute atomic E-state index is 13.2. The van der Waals surface area contributed by atoms with Crippen LogP contribution < -0.4 is 9.62 Å². The van der Waals surface area contributed by atoms with Crippen LogP contribution in [0.15, 0.2) is 36.4 Å². The van der Waals surface area contributed by atoms with E-state index in [1.54, 1.807) is 0 Å². The maximum atomic E-state index is 13.2. The Morgan fingerprint density at radius 1 is 1.00 bits per heavy atom. The van der Waals surface area contributed by atoms with E-state index in [0.29, 0.717) is 12.1 Å². The molecule has 0 saturated carbocycles. The van der Waals surface area contributed by atoms with E-state index >= 15 is 0 Å². The Morgan fingerprint density at radius 3 is 2.17 bits per heavy atom. The highest BCUT2D eigenvalue weighted by Crippen LogP contribution is 2.28. The fourth-order valence-corrected chi connectivity index (χ4v) is 4.68. The normalized spacial score (nSPS) is 13.6. The number of carbonyl (C=O) groups is 1. The van der Waals surface area contributed by atoms with Gasteiger partial charge in [-0.05, 0) is 74.9 Å². The molecule has 1 N–H and O–H groups in total. The van der Waals surface area contributed by atoms with Crippen LogP contribution in [0.3, 0.4) is 0 Å². The van der Waals surface area contributed by atoms with Gasteiger partial charge >= 0.3 is 0 Å². The lowest BCUT2D eigenvalue weighted by Gasteiger charge is -2.32. The molecule has 0 aromatic heterocycles. The van der Waals surface area contributed by atoms with Crippen LogP contribution in [0.1, 0.15) is 54.1 Å². The number of amides is 1. The van der Waals surface area contributed by atoms with Crippen LogP contribution in [-0.4, -0.2) is 26.6 Å². The summed E-state index contributed by atoms with van der Waals surface area (Å²) >= 11 is 0. The van der Waals surface area contributed by atoms with E-state index in [1.807, 2.05) is 71.9 Å². The molecule has 158 valence electrons. The lowest BCUT2D eigenvalue weighted by molar-refractivity contribution is -0.122. The van der Waals surface area contributed by atoms with Gasteiger partial charge < -0.3 is 5.32 Å². The van der Waals surface area contributed by atoms with Crippen molar-refractivity contribution < 1.29 is 13.2 Å². The number of benzene rings is 2. The third kappa shape index (κ3) is 5.38. The van der Waals surface area contributed by atoms with Crippen LogP contribution in [0.4, 0.5) is 5.69 Å². The van der Waals surface area contributed by atoms with Crippen LogP contribution in [0, 0.1) is 27.7 Å². The number of hydrogen-bond donors (Lipinski definition) is 1. The maximum Gasteiger partial charge on any atom is 0.244 e. The summed E-state index contributed by atoms with van der Waals surface area (Å²) in [5, 5.41) is 3.01. The minimum absolute atomic E-state index is 0.226. The van der Waals surface area contributed by atoms with Crippen LogP contribution in [0.5, 0.6) is 0 Å². The highest BCUT2D eigenvalue weighted by atomic mass is 32.2.